The molecule has 1 heterocycles. The van der Waals surface area contributed by atoms with Crippen LogP contribution in [0.4, 0.5) is 0 Å². The van der Waals surface area contributed by atoms with E-state index in [1.54, 1.807) is 43.0 Å². The standard InChI is InChI=1S/C22H27ClN2O4S/c1-16-12-17(2)22(18(3)13-16)30(27,28)25(14-19-4-6-20(23)7-5-19)15-21(26)24-8-10-29-11-9-24/h4-7,12-13H,8-11,14-15H2,1-3H3. The van der Waals surface area contributed by atoms with Crippen LogP contribution in [0.3, 0.4) is 0 Å². The number of morpholine rings is 1. The average Bonchev–Trinajstić information content (AvgIpc) is 2.68. The van der Waals surface area contributed by atoms with Crippen molar-refractivity contribution >= 4 is 27.5 Å². The van der Waals surface area contributed by atoms with Gasteiger partial charge in [0.2, 0.25) is 15.9 Å². The summed E-state index contributed by atoms with van der Waals surface area (Å²) in [5.74, 6) is -0.224. The Kier molecular flexibility index (Phi) is 7.18. The van der Waals surface area contributed by atoms with Crippen molar-refractivity contribution in [3.8, 4) is 0 Å². The van der Waals surface area contributed by atoms with Gasteiger partial charge in [0.15, 0.2) is 0 Å². The van der Waals surface area contributed by atoms with Gasteiger partial charge in [-0.3, -0.25) is 4.79 Å². The Morgan fingerprint density at radius 3 is 2.20 bits per heavy atom. The molecule has 0 N–H and O–H groups in total. The van der Waals surface area contributed by atoms with E-state index in [-0.39, 0.29) is 23.9 Å². The van der Waals surface area contributed by atoms with E-state index in [0.717, 1.165) is 11.1 Å². The van der Waals surface area contributed by atoms with E-state index >= 15 is 0 Å². The van der Waals surface area contributed by atoms with Crippen LogP contribution in [0.1, 0.15) is 22.3 Å². The normalized spacial score (nSPS) is 14.9. The number of carbonyl (C=O) groups excluding carboxylic acids is 1. The summed E-state index contributed by atoms with van der Waals surface area (Å²) in [5.41, 5.74) is 3.11. The maximum absolute atomic E-state index is 13.7. The van der Waals surface area contributed by atoms with Crippen molar-refractivity contribution in [1.82, 2.24) is 9.21 Å². The van der Waals surface area contributed by atoms with Crippen LogP contribution in [0.2, 0.25) is 5.02 Å². The van der Waals surface area contributed by atoms with Gasteiger partial charge < -0.3 is 9.64 Å². The highest BCUT2D eigenvalue weighted by atomic mass is 35.5. The number of ether oxygens (including phenoxy) is 1. The van der Waals surface area contributed by atoms with Gasteiger partial charge in [0.05, 0.1) is 24.7 Å². The quantitative estimate of drug-likeness (QED) is 0.677. The average molecular weight is 451 g/mol. The van der Waals surface area contributed by atoms with Gasteiger partial charge in [0, 0.05) is 24.7 Å². The molecule has 0 atom stereocenters. The van der Waals surface area contributed by atoms with Gasteiger partial charge in [-0.05, 0) is 49.6 Å². The van der Waals surface area contributed by atoms with Gasteiger partial charge in [-0.25, -0.2) is 8.42 Å². The third kappa shape index (κ3) is 5.21. The smallest absolute Gasteiger partial charge is 0.244 e. The predicted octanol–water partition coefficient (Wildman–Crippen LogP) is 3.31. The van der Waals surface area contributed by atoms with Crippen molar-refractivity contribution in [2.45, 2.75) is 32.2 Å². The molecule has 1 aliphatic rings. The first-order chi connectivity index (χ1) is 14.2. The van der Waals surface area contributed by atoms with Crippen molar-refractivity contribution in [2.24, 2.45) is 0 Å². The highest BCUT2D eigenvalue weighted by Gasteiger charge is 2.31. The molecular formula is C22H27ClN2O4S. The third-order valence-electron chi connectivity index (χ3n) is 5.15. The minimum absolute atomic E-state index is 0.0857. The number of rotatable bonds is 6. The number of halogens is 1. The van der Waals surface area contributed by atoms with Gasteiger partial charge in [-0.15, -0.1) is 0 Å². The fourth-order valence-electron chi connectivity index (χ4n) is 3.79. The molecule has 2 aromatic rings. The van der Waals surface area contributed by atoms with Gasteiger partial charge in [0.1, 0.15) is 0 Å². The summed E-state index contributed by atoms with van der Waals surface area (Å²) in [6, 6.07) is 10.7. The fourth-order valence-corrected chi connectivity index (χ4v) is 5.70. The summed E-state index contributed by atoms with van der Waals surface area (Å²) in [6.07, 6.45) is 0. The Morgan fingerprint density at radius 1 is 1.07 bits per heavy atom. The van der Waals surface area contributed by atoms with Crippen LogP contribution < -0.4 is 0 Å². The highest BCUT2D eigenvalue weighted by molar-refractivity contribution is 7.89. The predicted molar refractivity (Wildman–Crippen MR) is 117 cm³/mol. The van der Waals surface area contributed by atoms with Crippen molar-refractivity contribution in [1.29, 1.82) is 0 Å². The summed E-state index contributed by atoms with van der Waals surface area (Å²) in [4.78, 5) is 14.8. The second-order valence-corrected chi connectivity index (χ2v) is 9.93. The topological polar surface area (TPSA) is 66.9 Å². The summed E-state index contributed by atoms with van der Waals surface area (Å²) < 4.78 is 33.9. The molecule has 6 nitrogen and oxygen atoms in total. The second kappa shape index (κ2) is 9.47. The van der Waals surface area contributed by atoms with Crippen LogP contribution >= 0.6 is 11.6 Å². The largest absolute Gasteiger partial charge is 0.378 e. The fraction of sp³-hybridized carbons (Fsp3) is 0.409. The molecule has 0 radical (unpaired) electrons. The SMILES string of the molecule is Cc1cc(C)c(S(=O)(=O)N(CC(=O)N2CCOCC2)Cc2ccc(Cl)cc2)c(C)c1. The Labute approximate surface area is 183 Å². The lowest BCUT2D eigenvalue weighted by Gasteiger charge is -2.30. The molecule has 0 spiro atoms. The zero-order chi connectivity index (χ0) is 21.9. The maximum atomic E-state index is 13.7. The van der Waals surface area contributed by atoms with Crippen molar-refractivity contribution in [3.63, 3.8) is 0 Å². The van der Waals surface area contributed by atoms with E-state index < -0.39 is 10.0 Å². The first-order valence-corrected chi connectivity index (χ1v) is 11.7. The van der Waals surface area contributed by atoms with Crippen LogP contribution in [0.25, 0.3) is 0 Å². The lowest BCUT2D eigenvalue weighted by atomic mass is 10.1. The van der Waals surface area contributed by atoms with Crippen LogP contribution in [-0.4, -0.2) is 56.4 Å². The number of sulfonamides is 1. The Balaban J connectivity index is 1.97. The molecule has 3 rings (SSSR count). The highest BCUT2D eigenvalue weighted by Crippen LogP contribution is 2.27. The molecule has 0 aromatic heterocycles. The molecule has 30 heavy (non-hydrogen) atoms. The zero-order valence-electron chi connectivity index (χ0n) is 17.5. The zero-order valence-corrected chi connectivity index (χ0v) is 19.1. The molecule has 0 aliphatic carbocycles. The van der Waals surface area contributed by atoms with E-state index in [1.165, 1.54) is 4.31 Å². The number of nitrogens with zero attached hydrogens (tertiary/aromatic N) is 2. The molecule has 1 saturated heterocycles. The lowest BCUT2D eigenvalue weighted by molar-refractivity contribution is -0.135. The van der Waals surface area contributed by atoms with E-state index in [0.29, 0.717) is 42.5 Å². The molecular weight excluding hydrogens is 424 g/mol. The van der Waals surface area contributed by atoms with Crippen molar-refractivity contribution in [2.75, 3.05) is 32.8 Å². The molecule has 0 unspecified atom stereocenters. The van der Waals surface area contributed by atoms with Crippen molar-refractivity contribution in [3.05, 3.63) is 63.7 Å². The summed E-state index contributed by atoms with van der Waals surface area (Å²) in [7, 11) is -3.90. The molecule has 2 aromatic carbocycles. The number of benzene rings is 2. The monoisotopic (exact) mass is 450 g/mol. The minimum Gasteiger partial charge on any atom is -0.378 e. The molecule has 0 bridgehead atoms. The maximum Gasteiger partial charge on any atom is 0.244 e. The Bertz CT molecular complexity index is 993. The van der Waals surface area contributed by atoms with E-state index in [9.17, 15) is 13.2 Å². The number of aryl methyl sites for hydroxylation is 3. The van der Waals surface area contributed by atoms with Gasteiger partial charge >= 0.3 is 0 Å². The number of amides is 1. The third-order valence-corrected chi connectivity index (χ3v) is 7.50. The number of carbonyl (C=O) groups is 1. The molecule has 1 amide bonds. The Hall–Kier alpha value is -1.93. The van der Waals surface area contributed by atoms with Crippen molar-refractivity contribution < 1.29 is 17.9 Å². The van der Waals surface area contributed by atoms with E-state index in [2.05, 4.69) is 0 Å². The van der Waals surface area contributed by atoms with Crippen LogP contribution in [0, 0.1) is 20.8 Å². The molecule has 0 saturated carbocycles. The molecule has 8 heteroatoms. The Morgan fingerprint density at radius 2 is 1.63 bits per heavy atom. The number of hydrogen-bond acceptors (Lipinski definition) is 4. The molecule has 162 valence electrons. The lowest BCUT2D eigenvalue weighted by Crippen LogP contribution is -2.47. The number of hydrogen-bond donors (Lipinski definition) is 0. The van der Waals surface area contributed by atoms with Crippen LogP contribution in [0.5, 0.6) is 0 Å². The first-order valence-electron chi connectivity index (χ1n) is 9.86. The van der Waals surface area contributed by atoms with Crippen LogP contribution in [-0.2, 0) is 26.1 Å². The molecule has 1 fully saturated rings. The van der Waals surface area contributed by atoms with E-state index in [4.69, 9.17) is 16.3 Å². The van der Waals surface area contributed by atoms with Gasteiger partial charge in [0.25, 0.3) is 0 Å². The van der Waals surface area contributed by atoms with Gasteiger partial charge in [-0.1, -0.05) is 41.4 Å². The van der Waals surface area contributed by atoms with E-state index in [1.807, 2.05) is 19.1 Å². The summed E-state index contributed by atoms with van der Waals surface area (Å²) in [6.45, 7) is 7.24. The second-order valence-electron chi connectivity index (χ2n) is 7.62. The minimum atomic E-state index is -3.90. The first kappa shape index (κ1) is 22.7. The summed E-state index contributed by atoms with van der Waals surface area (Å²) >= 11 is 5.97. The van der Waals surface area contributed by atoms with Crippen LogP contribution in [0.15, 0.2) is 41.3 Å². The van der Waals surface area contributed by atoms with Gasteiger partial charge in [-0.2, -0.15) is 4.31 Å². The molecule has 1 aliphatic heterocycles. The summed E-state index contributed by atoms with van der Waals surface area (Å²) in [5, 5.41) is 0.572.